The molecule has 0 amide bonds. The minimum atomic E-state index is -4.82. The lowest BCUT2D eigenvalue weighted by molar-refractivity contribution is -0.0885. The SMILES string of the molecule is Cn1cc(CCn2ccc(C(=O)C(F)(F)F)c2)cn1. The number of aromatic nitrogens is 3. The highest BCUT2D eigenvalue weighted by molar-refractivity contribution is 6.00. The zero-order valence-electron chi connectivity index (χ0n) is 10.2. The normalized spacial score (nSPS) is 11.8. The van der Waals surface area contributed by atoms with Gasteiger partial charge in [0.2, 0.25) is 0 Å². The number of hydrogen-bond acceptors (Lipinski definition) is 2. The van der Waals surface area contributed by atoms with E-state index in [0.29, 0.717) is 13.0 Å². The summed E-state index contributed by atoms with van der Waals surface area (Å²) in [6, 6.07) is 1.18. The molecule has 0 fully saturated rings. The Morgan fingerprint density at radius 1 is 1.37 bits per heavy atom. The van der Waals surface area contributed by atoms with Crippen LogP contribution >= 0.6 is 0 Å². The van der Waals surface area contributed by atoms with E-state index in [1.165, 1.54) is 18.5 Å². The number of Topliss-reactive ketones (excluding diaryl/α,β-unsaturated/α-hetero) is 1. The molecule has 0 unspecified atom stereocenters. The molecule has 19 heavy (non-hydrogen) atoms. The number of aryl methyl sites for hydroxylation is 3. The molecule has 0 aliphatic heterocycles. The summed E-state index contributed by atoms with van der Waals surface area (Å²) in [5.41, 5.74) is 0.651. The van der Waals surface area contributed by atoms with Gasteiger partial charge in [0, 0.05) is 37.7 Å². The number of carbonyl (C=O) groups excluding carboxylic acids is 1. The van der Waals surface area contributed by atoms with Gasteiger partial charge in [-0.1, -0.05) is 0 Å². The first kappa shape index (κ1) is 13.4. The van der Waals surface area contributed by atoms with Crippen molar-refractivity contribution in [1.29, 1.82) is 0 Å². The molecular formula is C12H12F3N3O. The smallest absolute Gasteiger partial charge is 0.353 e. The van der Waals surface area contributed by atoms with E-state index in [1.54, 1.807) is 22.5 Å². The molecule has 0 saturated heterocycles. The summed E-state index contributed by atoms with van der Waals surface area (Å²) in [6.45, 7) is 0.497. The third-order valence-corrected chi connectivity index (χ3v) is 2.69. The summed E-state index contributed by atoms with van der Waals surface area (Å²) >= 11 is 0. The van der Waals surface area contributed by atoms with Gasteiger partial charge in [-0.05, 0) is 18.1 Å². The number of alkyl halides is 3. The monoisotopic (exact) mass is 271 g/mol. The highest BCUT2D eigenvalue weighted by atomic mass is 19.4. The summed E-state index contributed by atoms with van der Waals surface area (Å²) in [7, 11) is 1.79. The number of halogens is 3. The van der Waals surface area contributed by atoms with Crippen LogP contribution in [0.1, 0.15) is 15.9 Å². The molecule has 0 aliphatic rings. The molecule has 0 spiro atoms. The molecule has 2 heterocycles. The van der Waals surface area contributed by atoms with E-state index >= 15 is 0 Å². The number of nitrogens with zero attached hydrogens (tertiary/aromatic N) is 3. The Balaban J connectivity index is 2.00. The molecule has 0 atom stereocenters. The summed E-state index contributed by atoms with van der Waals surface area (Å²) < 4.78 is 39.9. The minimum absolute atomic E-state index is 0.335. The Morgan fingerprint density at radius 3 is 2.68 bits per heavy atom. The third kappa shape index (κ3) is 3.24. The van der Waals surface area contributed by atoms with Gasteiger partial charge in [0.25, 0.3) is 5.78 Å². The van der Waals surface area contributed by atoms with Gasteiger partial charge in [-0.3, -0.25) is 9.48 Å². The van der Waals surface area contributed by atoms with Gasteiger partial charge in [-0.15, -0.1) is 0 Å². The number of ketones is 1. The van der Waals surface area contributed by atoms with Gasteiger partial charge >= 0.3 is 6.18 Å². The highest BCUT2D eigenvalue weighted by Crippen LogP contribution is 2.21. The Kier molecular flexibility index (Phi) is 3.46. The average Bonchev–Trinajstić information content (AvgIpc) is 2.93. The van der Waals surface area contributed by atoms with E-state index in [-0.39, 0.29) is 5.56 Å². The van der Waals surface area contributed by atoms with E-state index in [1.807, 2.05) is 6.20 Å². The molecule has 102 valence electrons. The molecule has 0 aromatic carbocycles. The fourth-order valence-electron chi connectivity index (χ4n) is 1.74. The summed E-state index contributed by atoms with van der Waals surface area (Å²) in [4.78, 5) is 11.0. The van der Waals surface area contributed by atoms with Crippen LogP contribution < -0.4 is 0 Å². The second-order valence-electron chi connectivity index (χ2n) is 4.24. The molecule has 0 aliphatic carbocycles. The quantitative estimate of drug-likeness (QED) is 0.800. The molecule has 2 rings (SSSR count). The minimum Gasteiger partial charge on any atom is -0.353 e. The van der Waals surface area contributed by atoms with Crippen molar-refractivity contribution in [2.45, 2.75) is 19.1 Å². The van der Waals surface area contributed by atoms with Crippen LogP contribution in [0, 0.1) is 0 Å². The summed E-state index contributed by atoms with van der Waals surface area (Å²) in [6.07, 6.45) is 2.04. The van der Waals surface area contributed by atoms with E-state index in [9.17, 15) is 18.0 Å². The molecule has 2 aromatic rings. The van der Waals surface area contributed by atoms with Crippen molar-refractivity contribution in [1.82, 2.24) is 14.3 Å². The van der Waals surface area contributed by atoms with Crippen LogP contribution in [0.4, 0.5) is 13.2 Å². The van der Waals surface area contributed by atoms with Gasteiger partial charge in [-0.25, -0.2) is 0 Å². The molecule has 2 aromatic heterocycles. The van der Waals surface area contributed by atoms with Crippen molar-refractivity contribution in [3.05, 3.63) is 42.0 Å². The Bertz CT molecular complexity index is 583. The number of rotatable bonds is 4. The first-order chi connectivity index (χ1) is 8.86. The molecular weight excluding hydrogens is 259 g/mol. The maximum Gasteiger partial charge on any atom is 0.454 e. The lowest BCUT2D eigenvalue weighted by Gasteiger charge is -2.03. The van der Waals surface area contributed by atoms with Crippen molar-refractivity contribution in [3.8, 4) is 0 Å². The van der Waals surface area contributed by atoms with Crippen molar-refractivity contribution >= 4 is 5.78 Å². The van der Waals surface area contributed by atoms with E-state index in [4.69, 9.17) is 0 Å². The first-order valence-corrected chi connectivity index (χ1v) is 5.61. The van der Waals surface area contributed by atoms with Crippen molar-refractivity contribution in [2.75, 3.05) is 0 Å². The number of hydrogen-bond donors (Lipinski definition) is 0. The van der Waals surface area contributed by atoms with Crippen molar-refractivity contribution in [3.63, 3.8) is 0 Å². The lowest BCUT2D eigenvalue weighted by Crippen LogP contribution is -2.22. The van der Waals surface area contributed by atoms with Crippen LogP contribution in [0.3, 0.4) is 0 Å². The van der Waals surface area contributed by atoms with Gasteiger partial charge in [-0.2, -0.15) is 18.3 Å². The van der Waals surface area contributed by atoms with Gasteiger partial charge in [0.15, 0.2) is 0 Å². The molecule has 0 saturated carbocycles. The molecule has 0 radical (unpaired) electrons. The van der Waals surface area contributed by atoms with Crippen molar-refractivity contribution < 1.29 is 18.0 Å². The van der Waals surface area contributed by atoms with Gasteiger partial charge in [0.1, 0.15) is 0 Å². The fourth-order valence-corrected chi connectivity index (χ4v) is 1.74. The molecule has 0 bridgehead atoms. The van der Waals surface area contributed by atoms with E-state index in [2.05, 4.69) is 5.10 Å². The summed E-state index contributed by atoms with van der Waals surface area (Å²) in [5.74, 6) is -1.81. The van der Waals surface area contributed by atoms with Crippen LogP contribution in [0.25, 0.3) is 0 Å². The highest BCUT2D eigenvalue weighted by Gasteiger charge is 2.39. The maximum atomic E-state index is 12.2. The van der Waals surface area contributed by atoms with E-state index < -0.39 is 12.0 Å². The van der Waals surface area contributed by atoms with E-state index in [0.717, 1.165) is 5.56 Å². The molecule has 4 nitrogen and oxygen atoms in total. The Morgan fingerprint density at radius 2 is 2.11 bits per heavy atom. The predicted octanol–water partition coefficient (Wildman–Crippen LogP) is 2.21. The van der Waals surface area contributed by atoms with Crippen LogP contribution in [0.2, 0.25) is 0 Å². The Hall–Kier alpha value is -2.05. The summed E-state index contributed by atoms with van der Waals surface area (Å²) in [5, 5.41) is 4.00. The van der Waals surface area contributed by atoms with Crippen LogP contribution in [0.15, 0.2) is 30.9 Å². The van der Waals surface area contributed by atoms with Crippen LogP contribution in [-0.2, 0) is 20.0 Å². The Labute approximate surface area is 107 Å². The number of carbonyl (C=O) groups is 1. The maximum absolute atomic E-state index is 12.2. The zero-order valence-corrected chi connectivity index (χ0v) is 10.2. The third-order valence-electron chi connectivity index (χ3n) is 2.69. The predicted molar refractivity (Wildman–Crippen MR) is 61.7 cm³/mol. The second-order valence-corrected chi connectivity index (χ2v) is 4.24. The fraction of sp³-hybridized carbons (Fsp3) is 0.333. The van der Waals surface area contributed by atoms with Crippen LogP contribution in [-0.4, -0.2) is 26.3 Å². The average molecular weight is 271 g/mol. The molecule has 0 N–H and O–H groups in total. The van der Waals surface area contributed by atoms with Gasteiger partial charge in [0.05, 0.1) is 6.20 Å². The zero-order chi connectivity index (χ0) is 14.0. The van der Waals surface area contributed by atoms with Crippen molar-refractivity contribution in [2.24, 2.45) is 7.05 Å². The lowest BCUT2D eigenvalue weighted by atomic mass is 10.2. The second kappa shape index (κ2) is 4.91. The molecule has 7 heteroatoms. The standard InChI is InChI=1S/C12H12F3N3O/c1-17-7-9(6-16-17)2-4-18-5-3-10(8-18)11(19)12(13,14)15/h3,5-8H,2,4H2,1H3. The topological polar surface area (TPSA) is 39.8 Å². The van der Waals surface area contributed by atoms with Crippen LogP contribution in [0.5, 0.6) is 0 Å². The van der Waals surface area contributed by atoms with Gasteiger partial charge < -0.3 is 4.57 Å². The largest absolute Gasteiger partial charge is 0.454 e. The first-order valence-electron chi connectivity index (χ1n) is 5.61.